The lowest BCUT2D eigenvalue weighted by Gasteiger charge is -2.20. The van der Waals surface area contributed by atoms with Crippen molar-refractivity contribution in [2.45, 2.75) is 19.8 Å². The molecule has 2 aromatic rings. The summed E-state index contributed by atoms with van der Waals surface area (Å²) in [5.41, 5.74) is 12.7. The average Bonchev–Trinajstić information content (AvgIpc) is 2.68. The molecule has 0 aliphatic heterocycles. The van der Waals surface area contributed by atoms with E-state index in [1.165, 1.54) is 4.90 Å². The van der Waals surface area contributed by atoms with Gasteiger partial charge >= 0.3 is 12.1 Å². The van der Waals surface area contributed by atoms with Crippen molar-refractivity contribution in [3.63, 3.8) is 0 Å². The second-order valence-corrected chi connectivity index (χ2v) is 6.76. The number of ether oxygens (including phenoxy) is 1. The van der Waals surface area contributed by atoms with Gasteiger partial charge in [-0.25, -0.2) is 9.59 Å². The van der Waals surface area contributed by atoms with Crippen LogP contribution in [0.2, 0.25) is 0 Å². The molecule has 164 valence electrons. The SMILES string of the molecule is NC(=O)NC(=O)CN(CC(=O)NC(N)=O)Cc1ccc(COCc2ccccc2)cc1. The van der Waals surface area contributed by atoms with Crippen molar-refractivity contribution in [1.82, 2.24) is 15.5 Å². The van der Waals surface area contributed by atoms with Crippen LogP contribution in [-0.4, -0.2) is 41.9 Å². The highest BCUT2D eigenvalue weighted by atomic mass is 16.5. The van der Waals surface area contributed by atoms with Gasteiger partial charge in [0.1, 0.15) is 0 Å². The van der Waals surface area contributed by atoms with Crippen LogP contribution < -0.4 is 22.1 Å². The quantitative estimate of drug-likeness (QED) is 0.435. The van der Waals surface area contributed by atoms with E-state index in [1.54, 1.807) is 0 Å². The number of nitrogens with two attached hydrogens (primary N) is 2. The van der Waals surface area contributed by atoms with E-state index in [2.05, 4.69) is 0 Å². The van der Waals surface area contributed by atoms with Gasteiger partial charge in [-0.15, -0.1) is 0 Å². The predicted octanol–water partition coefficient (Wildman–Crippen LogP) is 0.595. The Bertz CT molecular complexity index is 872. The van der Waals surface area contributed by atoms with Gasteiger partial charge < -0.3 is 16.2 Å². The molecule has 0 aromatic heterocycles. The number of imide groups is 2. The van der Waals surface area contributed by atoms with Gasteiger partial charge in [-0.2, -0.15) is 0 Å². The third-order valence-electron chi connectivity index (χ3n) is 4.07. The van der Waals surface area contributed by atoms with Gasteiger partial charge in [-0.3, -0.25) is 25.1 Å². The molecule has 2 aromatic carbocycles. The summed E-state index contributed by atoms with van der Waals surface area (Å²) in [4.78, 5) is 46.9. The fraction of sp³-hybridized carbons (Fsp3) is 0.238. The Balaban J connectivity index is 1.93. The molecule has 6 N–H and O–H groups in total. The zero-order valence-electron chi connectivity index (χ0n) is 16.9. The third-order valence-corrected chi connectivity index (χ3v) is 4.07. The average molecular weight is 427 g/mol. The molecule has 0 saturated carbocycles. The molecule has 31 heavy (non-hydrogen) atoms. The Morgan fingerprint density at radius 1 is 0.710 bits per heavy atom. The standard InChI is InChI=1S/C21H25N5O5/c22-20(29)24-18(27)11-26(12-19(28)25-21(23)30)10-15-6-8-17(9-7-15)14-31-13-16-4-2-1-3-5-16/h1-9H,10-14H2,(H3,22,24,27,29)(H3,23,25,28,30). The number of primary amides is 2. The van der Waals surface area contributed by atoms with Crippen molar-refractivity contribution >= 4 is 23.9 Å². The lowest BCUT2D eigenvalue weighted by molar-refractivity contribution is -0.124. The highest BCUT2D eigenvalue weighted by Gasteiger charge is 2.17. The lowest BCUT2D eigenvalue weighted by Crippen LogP contribution is -2.46. The van der Waals surface area contributed by atoms with Gasteiger partial charge in [-0.1, -0.05) is 54.6 Å². The maximum Gasteiger partial charge on any atom is 0.318 e. The number of carbonyl (C=O) groups is 4. The lowest BCUT2D eigenvalue weighted by atomic mass is 10.1. The van der Waals surface area contributed by atoms with Crippen molar-refractivity contribution in [2.75, 3.05) is 13.1 Å². The van der Waals surface area contributed by atoms with Crippen LogP contribution >= 0.6 is 0 Å². The van der Waals surface area contributed by atoms with Crippen LogP contribution in [0.5, 0.6) is 0 Å². The molecular formula is C21H25N5O5. The number of nitrogens with one attached hydrogen (secondary N) is 2. The second kappa shape index (κ2) is 12.1. The van der Waals surface area contributed by atoms with Gasteiger partial charge in [0.25, 0.3) is 0 Å². The van der Waals surface area contributed by atoms with E-state index >= 15 is 0 Å². The number of nitrogens with zero attached hydrogens (tertiary/aromatic N) is 1. The third kappa shape index (κ3) is 9.52. The number of amides is 6. The molecule has 0 heterocycles. The Labute approximate surface area is 179 Å². The molecular weight excluding hydrogens is 402 g/mol. The van der Waals surface area contributed by atoms with Crippen molar-refractivity contribution in [1.29, 1.82) is 0 Å². The van der Waals surface area contributed by atoms with Crippen molar-refractivity contribution < 1.29 is 23.9 Å². The maximum atomic E-state index is 11.9. The molecule has 10 nitrogen and oxygen atoms in total. The summed E-state index contributed by atoms with van der Waals surface area (Å²) in [7, 11) is 0. The van der Waals surface area contributed by atoms with E-state index < -0.39 is 23.9 Å². The number of benzene rings is 2. The number of hydrogen-bond donors (Lipinski definition) is 4. The summed E-state index contributed by atoms with van der Waals surface area (Å²) in [6.45, 7) is 0.582. The molecule has 0 aliphatic carbocycles. The molecule has 0 bridgehead atoms. The smallest absolute Gasteiger partial charge is 0.318 e. The van der Waals surface area contributed by atoms with E-state index in [9.17, 15) is 19.2 Å². The summed E-state index contributed by atoms with van der Waals surface area (Å²) in [5.74, 6) is -1.35. The molecule has 0 unspecified atom stereocenters. The molecule has 10 heteroatoms. The summed E-state index contributed by atoms with van der Waals surface area (Å²) in [6, 6.07) is 15.3. The first kappa shape index (κ1) is 23.5. The summed E-state index contributed by atoms with van der Waals surface area (Å²) >= 11 is 0. The number of carbonyl (C=O) groups excluding carboxylic acids is 4. The van der Waals surface area contributed by atoms with Gasteiger partial charge in [0, 0.05) is 6.54 Å². The second-order valence-electron chi connectivity index (χ2n) is 6.76. The molecule has 2 rings (SSSR count). The van der Waals surface area contributed by atoms with E-state index in [4.69, 9.17) is 16.2 Å². The first-order chi connectivity index (χ1) is 14.8. The Kier molecular flexibility index (Phi) is 9.14. The molecule has 0 spiro atoms. The topological polar surface area (TPSA) is 157 Å². The molecule has 0 fully saturated rings. The van der Waals surface area contributed by atoms with Gasteiger partial charge in [0.15, 0.2) is 0 Å². The van der Waals surface area contributed by atoms with E-state index in [0.29, 0.717) is 13.2 Å². The minimum atomic E-state index is -0.994. The van der Waals surface area contributed by atoms with E-state index in [0.717, 1.165) is 16.7 Å². The normalized spacial score (nSPS) is 10.5. The first-order valence-corrected chi connectivity index (χ1v) is 9.42. The van der Waals surface area contributed by atoms with Crippen LogP contribution in [0, 0.1) is 0 Å². The molecule has 6 amide bonds. The monoisotopic (exact) mass is 427 g/mol. The van der Waals surface area contributed by atoms with E-state index in [-0.39, 0.29) is 19.6 Å². The van der Waals surface area contributed by atoms with Crippen LogP contribution in [0.25, 0.3) is 0 Å². The highest BCUT2D eigenvalue weighted by Crippen LogP contribution is 2.10. The van der Waals surface area contributed by atoms with E-state index in [1.807, 2.05) is 65.2 Å². The fourth-order valence-electron chi connectivity index (χ4n) is 2.79. The van der Waals surface area contributed by atoms with Crippen LogP contribution in [-0.2, 0) is 34.1 Å². The minimum absolute atomic E-state index is 0.212. The molecule has 0 aliphatic rings. The fourth-order valence-corrected chi connectivity index (χ4v) is 2.79. The van der Waals surface area contributed by atoms with Crippen LogP contribution in [0.4, 0.5) is 9.59 Å². The van der Waals surface area contributed by atoms with Gasteiger partial charge in [0.2, 0.25) is 11.8 Å². The molecule has 0 radical (unpaired) electrons. The number of rotatable bonds is 10. The van der Waals surface area contributed by atoms with Gasteiger partial charge in [0.05, 0.1) is 26.3 Å². The van der Waals surface area contributed by atoms with Crippen molar-refractivity contribution in [2.24, 2.45) is 11.5 Å². The van der Waals surface area contributed by atoms with Crippen LogP contribution in [0.15, 0.2) is 54.6 Å². The van der Waals surface area contributed by atoms with Gasteiger partial charge in [-0.05, 0) is 16.7 Å². The maximum absolute atomic E-state index is 11.9. The Hall–Kier alpha value is -3.76. The van der Waals surface area contributed by atoms with Crippen LogP contribution in [0.1, 0.15) is 16.7 Å². The predicted molar refractivity (Wildman–Crippen MR) is 112 cm³/mol. The zero-order valence-corrected chi connectivity index (χ0v) is 16.9. The Morgan fingerprint density at radius 2 is 1.16 bits per heavy atom. The minimum Gasteiger partial charge on any atom is -0.372 e. The molecule has 0 atom stereocenters. The largest absolute Gasteiger partial charge is 0.372 e. The highest BCUT2D eigenvalue weighted by molar-refractivity contribution is 5.96. The number of urea groups is 2. The zero-order chi connectivity index (χ0) is 22.6. The summed E-state index contributed by atoms with van der Waals surface area (Å²) in [6.07, 6.45) is 0. The first-order valence-electron chi connectivity index (χ1n) is 9.42. The summed E-state index contributed by atoms with van der Waals surface area (Å²) in [5, 5.41) is 3.87. The summed E-state index contributed by atoms with van der Waals surface area (Å²) < 4.78 is 5.70. The molecule has 0 saturated heterocycles. The van der Waals surface area contributed by atoms with Crippen LogP contribution in [0.3, 0.4) is 0 Å². The Morgan fingerprint density at radius 3 is 1.65 bits per heavy atom. The van der Waals surface area contributed by atoms with Crippen molar-refractivity contribution in [3.05, 3.63) is 71.3 Å². The number of hydrogen-bond acceptors (Lipinski definition) is 6. The van der Waals surface area contributed by atoms with Crippen molar-refractivity contribution in [3.8, 4) is 0 Å².